The number of carbonyl (C=O) groups is 2. The van der Waals surface area contributed by atoms with Gasteiger partial charge in [0, 0.05) is 24.5 Å². The van der Waals surface area contributed by atoms with Crippen LogP contribution in [0.1, 0.15) is 24.8 Å². The van der Waals surface area contributed by atoms with E-state index in [9.17, 15) is 9.59 Å². The third-order valence-corrected chi connectivity index (χ3v) is 5.36. The number of carbonyl (C=O) groups excluding carboxylic acids is 2. The van der Waals surface area contributed by atoms with Gasteiger partial charge in [0.15, 0.2) is 0 Å². The number of guanidine groups is 1. The van der Waals surface area contributed by atoms with E-state index >= 15 is 0 Å². The summed E-state index contributed by atoms with van der Waals surface area (Å²) < 4.78 is 7.89. The van der Waals surface area contributed by atoms with E-state index < -0.39 is 11.9 Å². The predicted octanol–water partition coefficient (Wildman–Crippen LogP) is 1.57. The molecule has 2 amide bonds. The highest BCUT2D eigenvalue weighted by molar-refractivity contribution is 6.33. The molecule has 1 aromatic carbocycles. The molecule has 0 saturated carbocycles. The average molecular weight is 417 g/mol. The minimum absolute atomic E-state index is 0.0785. The first-order valence-corrected chi connectivity index (χ1v) is 9.75. The number of aryl methyl sites for hydroxylation is 1. The Balaban J connectivity index is 1.41. The number of benzene rings is 1. The first-order chi connectivity index (χ1) is 14.0. The SMILES string of the molecule is NC(=O)CC1C(=O)NC2=Nc3ccc(OCCCCn4ccnc4)c(Cl)c3CN21. The molecule has 9 nitrogen and oxygen atoms in total. The van der Waals surface area contributed by atoms with E-state index in [-0.39, 0.29) is 12.3 Å². The van der Waals surface area contributed by atoms with E-state index in [1.807, 2.05) is 16.8 Å². The van der Waals surface area contributed by atoms with E-state index in [1.165, 1.54) is 0 Å². The normalized spacial score (nSPS) is 17.4. The molecule has 2 aromatic rings. The molecule has 2 aliphatic rings. The van der Waals surface area contributed by atoms with Gasteiger partial charge in [-0.3, -0.25) is 14.9 Å². The minimum Gasteiger partial charge on any atom is -0.492 e. The highest BCUT2D eigenvalue weighted by Gasteiger charge is 2.40. The maximum Gasteiger partial charge on any atom is 0.250 e. The Morgan fingerprint density at radius 3 is 3.00 bits per heavy atom. The molecular formula is C19H21ClN6O3. The number of halogens is 1. The molecule has 29 heavy (non-hydrogen) atoms. The fourth-order valence-corrected chi connectivity index (χ4v) is 3.74. The predicted molar refractivity (Wildman–Crippen MR) is 107 cm³/mol. The lowest BCUT2D eigenvalue weighted by atomic mass is 10.1. The fourth-order valence-electron chi connectivity index (χ4n) is 3.46. The first kappa shape index (κ1) is 19.3. The summed E-state index contributed by atoms with van der Waals surface area (Å²) in [4.78, 5) is 33.7. The van der Waals surface area contributed by atoms with Crippen molar-refractivity contribution in [3.05, 3.63) is 41.4 Å². The van der Waals surface area contributed by atoms with Crippen molar-refractivity contribution in [2.75, 3.05) is 6.61 Å². The van der Waals surface area contributed by atoms with Gasteiger partial charge in [-0.05, 0) is 25.0 Å². The highest BCUT2D eigenvalue weighted by Crippen LogP contribution is 2.39. The summed E-state index contributed by atoms with van der Waals surface area (Å²) in [6, 6.07) is 2.93. The lowest BCUT2D eigenvalue weighted by Gasteiger charge is -2.28. The second-order valence-corrected chi connectivity index (χ2v) is 7.35. The molecule has 152 valence electrons. The number of ether oxygens (including phenoxy) is 1. The zero-order valence-electron chi connectivity index (χ0n) is 15.7. The van der Waals surface area contributed by atoms with Crippen LogP contribution in [0.25, 0.3) is 0 Å². The second-order valence-electron chi connectivity index (χ2n) is 6.97. The number of primary amides is 1. The first-order valence-electron chi connectivity index (χ1n) is 9.37. The summed E-state index contributed by atoms with van der Waals surface area (Å²) in [5.74, 6) is 0.159. The second kappa shape index (κ2) is 8.12. The van der Waals surface area contributed by atoms with Crippen LogP contribution in [0.4, 0.5) is 5.69 Å². The van der Waals surface area contributed by atoms with Crippen LogP contribution in [-0.2, 0) is 22.7 Å². The Hall–Kier alpha value is -3.07. The van der Waals surface area contributed by atoms with Crippen LogP contribution in [0.15, 0.2) is 35.8 Å². The summed E-state index contributed by atoms with van der Waals surface area (Å²) in [5.41, 5.74) is 6.72. The number of nitrogens with one attached hydrogen (secondary N) is 1. The number of hydrogen-bond donors (Lipinski definition) is 2. The van der Waals surface area contributed by atoms with Crippen LogP contribution in [0.2, 0.25) is 5.02 Å². The number of aliphatic imine (C=N–C) groups is 1. The molecule has 4 rings (SSSR count). The number of fused-ring (bicyclic) bond motifs is 2. The highest BCUT2D eigenvalue weighted by atomic mass is 35.5. The number of amides is 2. The van der Waals surface area contributed by atoms with Gasteiger partial charge in [-0.25, -0.2) is 9.98 Å². The number of imidazole rings is 1. The Morgan fingerprint density at radius 2 is 2.24 bits per heavy atom. The van der Waals surface area contributed by atoms with Gasteiger partial charge in [-0.2, -0.15) is 0 Å². The van der Waals surface area contributed by atoms with E-state index in [1.54, 1.807) is 23.5 Å². The van der Waals surface area contributed by atoms with E-state index in [0.29, 0.717) is 35.6 Å². The van der Waals surface area contributed by atoms with Gasteiger partial charge in [0.25, 0.3) is 0 Å². The third kappa shape index (κ3) is 4.04. The van der Waals surface area contributed by atoms with Gasteiger partial charge in [-0.1, -0.05) is 11.6 Å². The Kier molecular flexibility index (Phi) is 5.39. The molecule has 10 heteroatoms. The molecule has 1 saturated heterocycles. The van der Waals surface area contributed by atoms with Crippen molar-refractivity contribution in [1.29, 1.82) is 0 Å². The Bertz CT molecular complexity index is 959. The number of nitrogens with zero attached hydrogens (tertiary/aromatic N) is 4. The summed E-state index contributed by atoms with van der Waals surface area (Å²) in [6.07, 6.45) is 7.24. The van der Waals surface area contributed by atoms with Crippen molar-refractivity contribution in [2.24, 2.45) is 10.7 Å². The zero-order chi connectivity index (χ0) is 20.4. The van der Waals surface area contributed by atoms with Crippen LogP contribution in [-0.4, -0.2) is 44.9 Å². The summed E-state index contributed by atoms with van der Waals surface area (Å²) in [7, 11) is 0. The number of rotatable bonds is 8. The largest absolute Gasteiger partial charge is 0.492 e. The molecule has 1 aromatic heterocycles. The third-order valence-electron chi connectivity index (χ3n) is 4.95. The van der Waals surface area contributed by atoms with Crippen molar-refractivity contribution < 1.29 is 14.3 Å². The zero-order valence-corrected chi connectivity index (χ0v) is 16.4. The smallest absolute Gasteiger partial charge is 0.250 e. The number of hydrogen-bond acceptors (Lipinski definition) is 6. The fraction of sp³-hybridized carbons (Fsp3) is 0.368. The van der Waals surface area contributed by atoms with E-state index in [0.717, 1.165) is 24.9 Å². The van der Waals surface area contributed by atoms with Crippen LogP contribution in [0.3, 0.4) is 0 Å². The molecule has 2 aliphatic heterocycles. The van der Waals surface area contributed by atoms with Crippen molar-refractivity contribution in [3.63, 3.8) is 0 Å². The molecule has 1 unspecified atom stereocenters. The van der Waals surface area contributed by atoms with Gasteiger partial charge in [0.1, 0.15) is 11.8 Å². The van der Waals surface area contributed by atoms with Crippen molar-refractivity contribution in [1.82, 2.24) is 19.8 Å². The molecule has 0 spiro atoms. The summed E-state index contributed by atoms with van der Waals surface area (Å²) >= 11 is 6.57. The van der Waals surface area contributed by atoms with Gasteiger partial charge in [0.2, 0.25) is 17.8 Å². The number of unbranched alkanes of at least 4 members (excludes halogenated alkanes) is 1. The van der Waals surface area contributed by atoms with Crippen molar-refractivity contribution >= 4 is 35.1 Å². The maximum atomic E-state index is 12.2. The average Bonchev–Trinajstić information content (AvgIpc) is 3.30. The molecule has 0 radical (unpaired) electrons. The lowest BCUT2D eigenvalue weighted by molar-refractivity contribution is -0.126. The minimum atomic E-state index is -0.678. The Labute approximate surface area is 172 Å². The van der Waals surface area contributed by atoms with Gasteiger partial charge < -0.3 is 19.9 Å². The molecule has 1 fully saturated rings. The van der Waals surface area contributed by atoms with Crippen LogP contribution < -0.4 is 15.8 Å². The molecular weight excluding hydrogens is 396 g/mol. The molecule has 3 heterocycles. The van der Waals surface area contributed by atoms with Gasteiger partial charge >= 0.3 is 0 Å². The van der Waals surface area contributed by atoms with Gasteiger partial charge in [-0.15, -0.1) is 0 Å². The van der Waals surface area contributed by atoms with Crippen molar-refractivity contribution in [2.45, 2.75) is 38.4 Å². The molecule has 3 N–H and O–H groups in total. The Morgan fingerprint density at radius 1 is 1.38 bits per heavy atom. The van der Waals surface area contributed by atoms with Crippen molar-refractivity contribution in [3.8, 4) is 5.75 Å². The quantitative estimate of drug-likeness (QED) is 0.634. The molecule has 0 aliphatic carbocycles. The molecule has 1 atom stereocenters. The standard InChI is InChI=1S/C19H21ClN6O3/c20-17-12-10-26-14(9-16(21)27)18(28)24-19(26)23-13(12)3-4-15(17)29-8-2-1-6-25-7-5-22-11-25/h3-5,7,11,14H,1-2,6,8-10H2,(H2,21,27)(H,23,24,28). The number of nitrogens with two attached hydrogens (primary N) is 1. The van der Waals surface area contributed by atoms with Gasteiger partial charge in [0.05, 0.1) is 36.6 Å². The monoisotopic (exact) mass is 416 g/mol. The maximum absolute atomic E-state index is 12.2. The topological polar surface area (TPSA) is 115 Å². The van der Waals surface area contributed by atoms with Crippen LogP contribution in [0.5, 0.6) is 5.75 Å². The molecule has 0 bridgehead atoms. The summed E-state index contributed by atoms with van der Waals surface area (Å²) in [5, 5.41) is 3.16. The van der Waals surface area contributed by atoms with Crippen LogP contribution >= 0.6 is 11.6 Å². The van der Waals surface area contributed by atoms with E-state index in [2.05, 4.69) is 15.3 Å². The lowest BCUT2D eigenvalue weighted by Crippen LogP contribution is -2.39. The number of aromatic nitrogens is 2. The van der Waals surface area contributed by atoms with Crippen LogP contribution in [0, 0.1) is 0 Å². The van der Waals surface area contributed by atoms with E-state index in [4.69, 9.17) is 22.1 Å². The summed E-state index contributed by atoms with van der Waals surface area (Å²) in [6.45, 7) is 1.77.